The third-order valence-corrected chi connectivity index (χ3v) is 2.73. The van der Waals surface area contributed by atoms with Gasteiger partial charge in [-0.1, -0.05) is 17.7 Å². The van der Waals surface area contributed by atoms with Crippen molar-refractivity contribution in [2.75, 3.05) is 18.5 Å². The molecule has 1 heterocycles. The minimum Gasteiger partial charge on any atom is -0.464 e. The first kappa shape index (κ1) is 15.0. The van der Waals surface area contributed by atoms with E-state index in [1.807, 2.05) is 45.9 Å². The molecule has 0 unspecified atom stereocenters. The van der Waals surface area contributed by atoms with Gasteiger partial charge in [0.1, 0.15) is 5.75 Å². The van der Waals surface area contributed by atoms with Crippen LogP contribution >= 0.6 is 0 Å². The monoisotopic (exact) mass is 288 g/mol. The zero-order valence-corrected chi connectivity index (χ0v) is 12.8. The summed E-state index contributed by atoms with van der Waals surface area (Å²) in [5, 5.41) is 3.03. The smallest absolute Gasteiger partial charge is 0.330 e. The summed E-state index contributed by atoms with van der Waals surface area (Å²) >= 11 is 0. The average molecular weight is 288 g/mol. The molecular formula is C15H20N4O2. The molecule has 1 N–H and O–H groups in total. The van der Waals surface area contributed by atoms with E-state index in [4.69, 9.17) is 9.47 Å². The van der Waals surface area contributed by atoms with Crippen molar-refractivity contribution in [2.45, 2.75) is 27.7 Å². The number of rotatable bonds is 6. The maximum atomic E-state index is 5.76. The van der Waals surface area contributed by atoms with Crippen molar-refractivity contribution in [3.63, 3.8) is 0 Å². The number of aryl methyl sites for hydroxylation is 2. The molecule has 0 aliphatic heterocycles. The maximum Gasteiger partial charge on any atom is 0.330 e. The second-order valence-corrected chi connectivity index (χ2v) is 4.56. The molecule has 0 fully saturated rings. The average Bonchev–Trinajstić information content (AvgIpc) is 2.42. The van der Waals surface area contributed by atoms with E-state index >= 15 is 0 Å². The van der Waals surface area contributed by atoms with E-state index in [1.54, 1.807) is 0 Å². The molecule has 0 bridgehead atoms. The molecule has 0 radical (unpaired) electrons. The molecule has 1 aromatic carbocycles. The fourth-order valence-corrected chi connectivity index (χ4v) is 1.83. The Morgan fingerprint density at radius 1 is 1.05 bits per heavy atom. The van der Waals surface area contributed by atoms with Gasteiger partial charge in [-0.15, -0.1) is 4.98 Å². The number of anilines is 1. The lowest BCUT2D eigenvalue weighted by Crippen LogP contribution is -2.07. The lowest BCUT2D eigenvalue weighted by atomic mass is 10.1. The van der Waals surface area contributed by atoms with Gasteiger partial charge in [0.15, 0.2) is 0 Å². The highest BCUT2D eigenvalue weighted by molar-refractivity contribution is 5.38. The van der Waals surface area contributed by atoms with Crippen LogP contribution in [0.2, 0.25) is 0 Å². The highest BCUT2D eigenvalue weighted by Gasteiger charge is 2.10. The van der Waals surface area contributed by atoms with Crippen LogP contribution in [-0.2, 0) is 0 Å². The summed E-state index contributed by atoms with van der Waals surface area (Å²) in [6.07, 6.45) is 0. The van der Waals surface area contributed by atoms with Gasteiger partial charge < -0.3 is 14.8 Å². The molecule has 2 aromatic rings. The zero-order chi connectivity index (χ0) is 15.2. The summed E-state index contributed by atoms with van der Waals surface area (Å²) in [5.41, 5.74) is 2.21. The largest absolute Gasteiger partial charge is 0.464 e. The Morgan fingerprint density at radius 3 is 2.48 bits per heavy atom. The maximum absolute atomic E-state index is 5.76. The first-order chi connectivity index (χ1) is 10.1. The minimum atomic E-state index is 0.219. The number of ether oxygens (including phenoxy) is 2. The lowest BCUT2D eigenvalue weighted by molar-refractivity contribution is 0.303. The molecule has 0 atom stereocenters. The van der Waals surface area contributed by atoms with Crippen LogP contribution in [0.5, 0.6) is 17.8 Å². The number of nitrogens with zero attached hydrogens (tertiary/aromatic N) is 3. The second kappa shape index (κ2) is 6.88. The van der Waals surface area contributed by atoms with Gasteiger partial charge in [0.2, 0.25) is 5.95 Å². The predicted molar refractivity (Wildman–Crippen MR) is 81.1 cm³/mol. The third kappa shape index (κ3) is 4.05. The molecule has 1 aromatic heterocycles. The van der Waals surface area contributed by atoms with Crippen molar-refractivity contribution in [1.82, 2.24) is 15.0 Å². The summed E-state index contributed by atoms with van der Waals surface area (Å²) in [5.74, 6) is 1.16. The first-order valence-corrected chi connectivity index (χ1v) is 7.00. The molecule has 2 rings (SSSR count). The van der Waals surface area contributed by atoms with Gasteiger partial charge in [-0.25, -0.2) is 0 Å². The number of aromatic nitrogens is 3. The molecule has 0 saturated heterocycles. The van der Waals surface area contributed by atoms with Crippen molar-refractivity contribution in [3.05, 3.63) is 29.3 Å². The van der Waals surface area contributed by atoms with Gasteiger partial charge in [0.05, 0.1) is 6.61 Å². The van der Waals surface area contributed by atoms with Crippen LogP contribution < -0.4 is 14.8 Å². The number of nitrogens with one attached hydrogen (secondary N) is 1. The Kier molecular flexibility index (Phi) is 4.92. The third-order valence-electron chi connectivity index (χ3n) is 2.73. The van der Waals surface area contributed by atoms with E-state index in [1.165, 1.54) is 5.56 Å². The predicted octanol–water partition coefficient (Wildman–Crippen LogP) is 3.11. The topological polar surface area (TPSA) is 69.2 Å². The number of hydrogen-bond donors (Lipinski definition) is 1. The highest BCUT2D eigenvalue weighted by Crippen LogP contribution is 2.24. The van der Waals surface area contributed by atoms with Gasteiger partial charge in [-0.05, 0) is 39.3 Å². The first-order valence-electron chi connectivity index (χ1n) is 7.00. The number of benzene rings is 1. The van der Waals surface area contributed by atoms with Crippen molar-refractivity contribution in [2.24, 2.45) is 0 Å². The fourth-order valence-electron chi connectivity index (χ4n) is 1.83. The molecule has 0 amide bonds. The van der Waals surface area contributed by atoms with Crippen molar-refractivity contribution in [1.29, 1.82) is 0 Å². The Balaban J connectivity index is 2.29. The van der Waals surface area contributed by atoms with Crippen molar-refractivity contribution in [3.8, 4) is 17.8 Å². The standard InChI is InChI=1S/C15H20N4O2/c1-5-16-13-17-14(20-6-2)19-15(18-13)21-12-8-7-10(3)9-11(12)4/h7-9H,5-6H2,1-4H3,(H,16,17,18,19). The Bertz CT molecular complexity index is 592. The Hall–Kier alpha value is -2.37. The van der Waals surface area contributed by atoms with Gasteiger partial charge in [-0.2, -0.15) is 9.97 Å². The van der Waals surface area contributed by atoms with Crippen molar-refractivity contribution < 1.29 is 9.47 Å². The second-order valence-electron chi connectivity index (χ2n) is 4.56. The molecule has 0 spiro atoms. The molecule has 6 nitrogen and oxygen atoms in total. The van der Waals surface area contributed by atoms with Crippen LogP contribution in [0.25, 0.3) is 0 Å². The molecule has 112 valence electrons. The number of hydrogen-bond acceptors (Lipinski definition) is 6. The summed E-state index contributed by atoms with van der Waals surface area (Å²) in [4.78, 5) is 12.5. The van der Waals surface area contributed by atoms with Crippen LogP contribution in [0, 0.1) is 13.8 Å². The van der Waals surface area contributed by atoms with E-state index in [0.29, 0.717) is 19.1 Å². The van der Waals surface area contributed by atoms with Crippen LogP contribution in [0.15, 0.2) is 18.2 Å². The molecule has 0 aliphatic rings. The molecular weight excluding hydrogens is 268 g/mol. The van der Waals surface area contributed by atoms with Crippen LogP contribution in [0.1, 0.15) is 25.0 Å². The summed E-state index contributed by atoms with van der Waals surface area (Å²) in [6, 6.07) is 6.41. The highest BCUT2D eigenvalue weighted by atomic mass is 16.5. The Morgan fingerprint density at radius 2 is 1.81 bits per heavy atom. The van der Waals surface area contributed by atoms with Gasteiger partial charge in [0.25, 0.3) is 0 Å². The summed E-state index contributed by atoms with van der Waals surface area (Å²) in [6.45, 7) is 9.06. The van der Waals surface area contributed by atoms with E-state index in [0.717, 1.165) is 11.3 Å². The minimum absolute atomic E-state index is 0.219. The SMILES string of the molecule is CCNc1nc(OCC)nc(Oc2ccc(C)cc2C)n1. The lowest BCUT2D eigenvalue weighted by Gasteiger charge is -2.10. The summed E-state index contributed by atoms with van der Waals surface area (Å²) in [7, 11) is 0. The molecule has 21 heavy (non-hydrogen) atoms. The normalized spacial score (nSPS) is 10.3. The van der Waals surface area contributed by atoms with Crippen LogP contribution in [0.4, 0.5) is 5.95 Å². The van der Waals surface area contributed by atoms with Crippen LogP contribution in [-0.4, -0.2) is 28.1 Å². The molecule has 6 heteroatoms. The van der Waals surface area contributed by atoms with Gasteiger partial charge in [-0.3, -0.25) is 0 Å². The summed E-state index contributed by atoms with van der Waals surface area (Å²) < 4.78 is 11.1. The quantitative estimate of drug-likeness (QED) is 0.880. The van der Waals surface area contributed by atoms with Gasteiger partial charge >= 0.3 is 12.0 Å². The van der Waals surface area contributed by atoms with E-state index in [2.05, 4.69) is 20.3 Å². The fraction of sp³-hybridized carbons (Fsp3) is 0.400. The van der Waals surface area contributed by atoms with E-state index in [9.17, 15) is 0 Å². The molecule has 0 aliphatic carbocycles. The van der Waals surface area contributed by atoms with Gasteiger partial charge in [0, 0.05) is 6.54 Å². The molecule has 0 saturated carbocycles. The zero-order valence-electron chi connectivity index (χ0n) is 12.8. The van der Waals surface area contributed by atoms with Crippen molar-refractivity contribution >= 4 is 5.95 Å². The van der Waals surface area contributed by atoms with Crippen LogP contribution in [0.3, 0.4) is 0 Å². The van der Waals surface area contributed by atoms with E-state index < -0.39 is 0 Å². The Labute approximate surface area is 124 Å². The van der Waals surface area contributed by atoms with E-state index in [-0.39, 0.29) is 12.0 Å².